The van der Waals surface area contributed by atoms with Gasteiger partial charge >= 0.3 is 17.9 Å². The van der Waals surface area contributed by atoms with Crippen LogP contribution in [0, 0.1) is 0 Å². The molecule has 0 bridgehead atoms. The fourth-order valence-corrected chi connectivity index (χ4v) is 5.13. The predicted molar refractivity (Wildman–Crippen MR) is 210 cm³/mol. The molecule has 0 aliphatic heterocycles. The van der Waals surface area contributed by atoms with Crippen LogP contribution in [-0.4, -0.2) is 80.6 Å². The molecular weight excluding hydrogens is 642 g/mol. The van der Waals surface area contributed by atoms with Crippen molar-refractivity contribution in [2.24, 2.45) is 0 Å². The molecule has 2 unspecified atom stereocenters. The van der Waals surface area contributed by atoms with Gasteiger partial charge in [0, 0.05) is 19.3 Å². The van der Waals surface area contributed by atoms with E-state index in [2.05, 4.69) is 86.8 Å². The van der Waals surface area contributed by atoms with E-state index in [1.807, 2.05) is 21.1 Å². The van der Waals surface area contributed by atoms with Crippen molar-refractivity contribution >= 4 is 17.9 Å². The van der Waals surface area contributed by atoms with Gasteiger partial charge in [-0.2, -0.15) is 0 Å². The molecule has 0 aromatic carbocycles. The highest BCUT2D eigenvalue weighted by atomic mass is 16.6. The number of aliphatic carboxylic acids is 1. The van der Waals surface area contributed by atoms with E-state index in [1.165, 1.54) is 12.8 Å². The zero-order valence-corrected chi connectivity index (χ0v) is 32.8. The van der Waals surface area contributed by atoms with Gasteiger partial charge < -0.3 is 23.8 Å². The van der Waals surface area contributed by atoms with Crippen molar-refractivity contribution in [3.8, 4) is 0 Å². The Labute approximate surface area is 311 Å². The maximum atomic E-state index is 12.7. The van der Waals surface area contributed by atoms with Crippen LogP contribution in [0.25, 0.3) is 0 Å². The van der Waals surface area contributed by atoms with E-state index in [-0.39, 0.29) is 42.7 Å². The van der Waals surface area contributed by atoms with E-state index in [4.69, 9.17) is 14.2 Å². The molecule has 2 atom stereocenters. The summed E-state index contributed by atoms with van der Waals surface area (Å²) in [5.74, 6) is -1.57. The summed E-state index contributed by atoms with van der Waals surface area (Å²) in [5.41, 5.74) is 0. The second kappa shape index (κ2) is 33.9. The van der Waals surface area contributed by atoms with E-state index in [0.29, 0.717) is 19.3 Å². The van der Waals surface area contributed by atoms with Crippen molar-refractivity contribution in [3.63, 3.8) is 0 Å². The summed E-state index contributed by atoms with van der Waals surface area (Å²) in [6.45, 7) is 4.40. The number of carbonyl (C=O) groups excluding carboxylic acids is 2. The molecule has 0 heterocycles. The van der Waals surface area contributed by atoms with Gasteiger partial charge in [-0.25, -0.2) is 4.79 Å². The number of nitrogens with zero attached hydrogens (tertiary/aromatic N) is 1. The van der Waals surface area contributed by atoms with E-state index in [0.717, 1.165) is 77.0 Å². The van der Waals surface area contributed by atoms with Crippen LogP contribution in [0.1, 0.15) is 129 Å². The quantitative estimate of drug-likeness (QED) is 0.0313. The summed E-state index contributed by atoms with van der Waals surface area (Å²) in [7, 11) is 5.49. The second-order valence-electron chi connectivity index (χ2n) is 13.8. The Morgan fingerprint density at radius 3 is 1.59 bits per heavy atom. The third-order valence-electron chi connectivity index (χ3n) is 8.10. The van der Waals surface area contributed by atoms with Crippen LogP contribution < -0.4 is 0 Å². The molecule has 0 saturated carbocycles. The molecule has 0 fully saturated rings. The molecule has 0 aromatic heterocycles. The van der Waals surface area contributed by atoms with Crippen LogP contribution >= 0.6 is 0 Å². The van der Waals surface area contributed by atoms with E-state index in [9.17, 15) is 19.5 Å². The van der Waals surface area contributed by atoms with Gasteiger partial charge in [0.2, 0.25) is 0 Å². The first-order chi connectivity index (χ1) is 24.6. The van der Waals surface area contributed by atoms with Crippen molar-refractivity contribution in [2.75, 3.05) is 41.0 Å². The lowest BCUT2D eigenvalue weighted by Crippen LogP contribution is -2.50. The Bertz CT molecular complexity index is 1060. The predicted octanol–water partition coefficient (Wildman–Crippen LogP) is 10.0. The molecule has 290 valence electrons. The van der Waals surface area contributed by atoms with Gasteiger partial charge in [-0.05, 0) is 70.6 Å². The summed E-state index contributed by atoms with van der Waals surface area (Å²) < 4.78 is 17.1. The lowest BCUT2D eigenvalue weighted by molar-refractivity contribution is -0.887. The molecule has 1 N–H and O–H groups in total. The van der Waals surface area contributed by atoms with Crippen LogP contribution in [0.3, 0.4) is 0 Å². The van der Waals surface area contributed by atoms with Crippen LogP contribution in [-0.2, 0) is 28.6 Å². The molecule has 0 aromatic rings. The zero-order valence-electron chi connectivity index (χ0n) is 32.8. The molecule has 51 heavy (non-hydrogen) atoms. The van der Waals surface area contributed by atoms with Crippen molar-refractivity contribution in [1.29, 1.82) is 0 Å². The zero-order chi connectivity index (χ0) is 37.8. The maximum Gasteiger partial charge on any atom is 0.362 e. The van der Waals surface area contributed by atoms with E-state index >= 15 is 0 Å². The minimum atomic E-state index is -0.888. The third-order valence-corrected chi connectivity index (χ3v) is 8.10. The molecular formula is C43H72NO7+. The number of ether oxygens (including phenoxy) is 3. The fraction of sp³-hybridized carbons (Fsp3) is 0.651. The lowest BCUT2D eigenvalue weighted by Gasteiger charge is -2.31. The summed E-state index contributed by atoms with van der Waals surface area (Å²) in [5, 5.41) is 9.58. The minimum Gasteiger partial charge on any atom is -0.477 e. The van der Waals surface area contributed by atoms with Gasteiger partial charge in [0.05, 0.1) is 34.4 Å². The first-order valence-electron chi connectivity index (χ1n) is 19.5. The molecule has 0 amide bonds. The van der Waals surface area contributed by atoms with Crippen molar-refractivity contribution in [1.82, 2.24) is 0 Å². The highest BCUT2D eigenvalue weighted by molar-refractivity contribution is 5.72. The number of unbranched alkanes of at least 4 members (excludes halogenated alkanes) is 7. The standard InChI is InChI=1S/C43H71NO7/c1-6-8-10-12-14-16-18-19-20-21-22-24-26-28-30-32-34-42(46)51-39(37-49-36-35-40(43(47)48)44(3,4)5)38-50-41(45)33-31-29-27-25-23-17-15-13-11-9-7-2/h8-11,14-17,19-20,25,27,39-40H,6-7,12-13,18,21-24,26,28-38H2,1-5H3/p+1/b10-8+,11-9+,16-14+,17-15+,20-19+,27-25+. The Morgan fingerprint density at radius 1 is 0.588 bits per heavy atom. The van der Waals surface area contributed by atoms with Crippen molar-refractivity contribution in [2.45, 2.75) is 142 Å². The first kappa shape index (κ1) is 47.8. The van der Waals surface area contributed by atoms with Crippen LogP contribution in [0.4, 0.5) is 0 Å². The van der Waals surface area contributed by atoms with Gasteiger partial charge in [-0.15, -0.1) is 0 Å². The largest absolute Gasteiger partial charge is 0.477 e. The average Bonchev–Trinajstić information content (AvgIpc) is 3.08. The molecule has 8 heteroatoms. The number of hydrogen-bond donors (Lipinski definition) is 1. The Hall–Kier alpha value is -3.23. The van der Waals surface area contributed by atoms with Crippen LogP contribution in [0.15, 0.2) is 72.9 Å². The number of carboxylic acids is 1. The average molecular weight is 715 g/mol. The Balaban J connectivity index is 4.50. The van der Waals surface area contributed by atoms with Gasteiger partial charge in [-0.3, -0.25) is 9.59 Å². The highest BCUT2D eigenvalue weighted by Gasteiger charge is 2.31. The second-order valence-corrected chi connectivity index (χ2v) is 13.8. The molecule has 0 aliphatic carbocycles. The molecule has 0 radical (unpaired) electrons. The van der Waals surface area contributed by atoms with Gasteiger partial charge in [0.25, 0.3) is 0 Å². The molecule has 8 nitrogen and oxygen atoms in total. The molecule has 0 saturated heterocycles. The lowest BCUT2D eigenvalue weighted by atomic mass is 10.1. The van der Waals surface area contributed by atoms with Gasteiger partial charge in [0.15, 0.2) is 12.1 Å². The van der Waals surface area contributed by atoms with Crippen LogP contribution in [0.5, 0.6) is 0 Å². The number of likely N-dealkylation sites (N-methyl/N-ethyl adjacent to an activating group) is 1. The van der Waals surface area contributed by atoms with Gasteiger partial charge in [-0.1, -0.05) is 112 Å². The van der Waals surface area contributed by atoms with E-state index in [1.54, 1.807) is 0 Å². The number of hydrogen-bond acceptors (Lipinski definition) is 6. The third kappa shape index (κ3) is 32.4. The van der Waals surface area contributed by atoms with Crippen molar-refractivity contribution in [3.05, 3.63) is 72.9 Å². The number of carbonyl (C=O) groups is 3. The monoisotopic (exact) mass is 715 g/mol. The number of carboxylic acid groups (broad SMARTS) is 1. The van der Waals surface area contributed by atoms with Crippen molar-refractivity contribution < 1.29 is 38.2 Å². The maximum absolute atomic E-state index is 12.7. The Kier molecular flexibility index (Phi) is 31.7. The fourth-order valence-electron chi connectivity index (χ4n) is 5.13. The highest BCUT2D eigenvalue weighted by Crippen LogP contribution is 2.12. The minimum absolute atomic E-state index is 0.0357. The molecule has 0 rings (SSSR count). The summed E-state index contributed by atoms with van der Waals surface area (Å²) in [4.78, 5) is 36.8. The van der Waals surface area contributed by atoms with Gasteiger partial charge in [0.1, 0.15) is 6.61 Å². The smallest absolute Gasteiger partial charge is 0.362 e. The summed E-state index contributed by atoms with van der Waals surface area (Å²) in [6.07, 6.45) is 41.0. The summed E-state index contributed by atoms with van der Waals surface area (Å²) >= 11 is 0. The van der Waals surface area contributed by atoms with Crippen LogP contribution in [0.2, 0.25) is 0 Å². The SMILES string of the molecule is CC/C=C/C/C=C/C/C=C/CCCCCCCCC(=O)OC(COCCC(C(=O)O)[N+](C)(C)C)COC(=O)CCC/C=C/C/C=C/C/C=C/CC. The first-order valence-corrected chi connectivity index (χ1v) is 19.5. The molecule has 0 spiro atoms. The topological polar surface area (TPSA) is 99.1 Å². The normalized spacial score (nSPS) is 13.8. The molecule has 0 aliphatic rings. The Morgan fingerprint density at radius 2 is 1.06 bits per heavy atom. The number of quaternary nitrogens is 1. The number of esters is 2. The number of allylic oxidation sites excluding steroid dienone is 12. The summed E-state index contributed by atoms with van der Waals surface area (Å²) in [6, 6.07) is -0.626. The number of rotatable bonds is 33. The van der Waals surface area contributed by atoms with E-state index < -0.39 is 18.1 Å².